The van der Waals surface area contributed by atoms with Crippen molar-refractivity contribution in [1.82, 2.24) is 10.6 Å². The summed E-state index contributed by atoms with van der Waals surface area (Å²) in [6.07, 6.45) is 2.17. The normalized spacial score (nSPS) is 19.1. The van der Waals surface area contributed by atoms with Crippen molar-refractivity contribution in [2.75, 3.05) is 13.1 Å². The van der Waals surface area contributed by atoms with Crippen LogP contribution in [0.4, 0.5) is 0 Å². The lowest BCUT2D eigenvalue weighted by Crippen LogP contribution is -2.50. The maximum Gasteiger partial charge on any atom is 0.230 e. The van der Waals surface area contributed by atoms with Gasteiger partial charge in [-0.2, -0.15) is 0 Å². The van der Waals surface area contributed by atoms with Crippen LogP contribution in [0.3, 0.4) is 0 Å². The number of hydrogen-bond donors (Lipinski definition) is 2. The number of nitrogens with one attached hydrogen (secondary N) is 2. The van der Waals surface area contributed by atoms with Crippen LogP contribution in [0.15, 0.2) is 24.3 Å². The minimum Gasteiger partial charge on any atom is -0.351 e. The number of rotatable bonds is 3. The molecule has 0 saturated carbocycles. The first-order chi connectivity index (χ1) is 9.00. The molecule has 1 aliphatic heterocycles. The molecule has 0 bridgehead atoms. The summed E-state index contributed by atoms with van der Waals surface area (Å²) in [6, 6.07) is 7.73. The minimum atomic E-state index is -0.540. The summed E-state index contributed by atoms with van der Waals surface area (Å²) in [6.45, 7) is 5.80. The van der Waals surface area contributed by atoms with Crippen molar-refractivity contribution >= 4 is 29.9 Å². The minimum absolute atomic E-state index is 0. The molecule has 2 N–H and O–H groups in total. The largest absolute Gasteiger partial charge is 0.351 e. The lowest BCUT2D eigenvalue weighted by atomic mass is 9.83. The molecule has 1 unspecified atom stereocenters. The van der Waals surface area contributed by atoms with E-state index >= 15 is 0 Å². The van der Waals surface area contributed by atoms with Crippen molar-refractivity contribution in [3.63, 3.8) is 0 Å². The highest BCUT2D eigenvalue weighted by Crippen LogP contribution is 2.25. The smallest absolute Gasteiger partial charge is 0.230 e. The van der Waals surface area contributed by atoms with Crippen LogP contribution in [-0.2, 0) is 10.2 Å². The molecule has 1 aromatic rings. The molecular formula is C15H22Cl2N2O. The lowest BCUT2D eigenvalue weighted by molar-refractivity contribution is -0.126. The van der Waals surface area contributed by atoms with Gasteiger partial charge in [-0.3, -0.25) is 4.79 Å². The Labute approximate surface area is 131 Å². The Balaban J connectivity index is 0.00000200. The Hall–Kier alpha value is -0.770. The zero-order valence-electron chi connectivity index (χ0n) is 11.9. The second kappa shape index (κ2) is 7.30. The fourth-order valence-electron chi connectivity index (χ4n) is 2.34. The predicted octanol–water partition coefficient (Wildman–Crippen LogP) is 2.91. The molecule has 0 spiro atoms. The summed E-state index contributed by atoms with van der Waals surface area (Å²) in [5.41, 5.74) is 0.445. The van der Waals surface area contributed by atoms with Gasteiger partial charge in [-0.1, -0.05) is 23.7 Å². The molecule has 0 aromatic heterocycles. The van der Waals surface area contributed by atoms with Gasteiger partial charge in [0.15, 0.2) is 0 Å². The first kappa shape index (κ1) is 17.3. The first-order valence-electron chi connectivity index (χ1n) is 6.78. The van der Waals surface area contributed by atoms with E-state index in [1.807, 2.05) is 38.1 Å². The van der Waals surface area contributed by atoms with Crippen LogP contribution in [0.2, 0.25) is 5.02 Å². The standard InChI is InChI=1S/C15H21ClN2O.ClH/c1-15(2,11-5-7-12(16)8-6-11)14(19)18-13-4-3-9-17-10-13;/h5-8,13,17H,3-4,9-10H2,1-2H3,(H,18,19);1H. The zero-order valence-corrected chi connectivity index (χ0v) is 13.5. The number of carbonyl (C=O) groups is 1. The summed E-state index contributed by atoms with van der Waals surface area (Å²) in [5.74, 6) is 0.0727. The van der Waals surface area contributed by atoms with Crippen LogP contribution >= 0.6 is 24.0 Å². The number of amides is 1. The third-order valence-corrected chi connectivity index (χ3v) is 4.02. The Morgan fingerprint density at radius 3 is 2.55 bits per heavy atom. The van der Waals surface area contributed by atoms with Crippen LogP contribution in [0.25, 0.3) is 0 Å². The molecule has 20 heavy (non-hydrogen) atoms. The van der Waals surface area contributed by atoms with E-state index in [9.17, 15) is 4.79 Å². The monoisotopic (exact) mass is 316 g/mol. The van der Waals surface area contributed by atoms with Crippen LogP contribution < -0.4 is 10.6 Å². The van der Waals surface area contributed by atoms with E-state index < -0.39 is 5.41 Å². The van der Waals surface area contributed by atoms with Crippen LogP contribution in [0.1, 0.15) is 32.3 Å². The number of hydrogen-bond acceptors (Lipinski definition) is 2. The van der Waals surface area contributed by atoms with Crippen molar-refractivity contribution in [2.45, 2.75) is 38.1 Å². The van der Waals surface area contributed by atoms with Gasteiger partial charge >= 0.3 is 0 Å². The van der Waals surface area contributed by atoms with Gasteiger partial charge in [-0.05, 0) is 50.9 Å². The van der Waals surface area contributed by atoms with Gasteiger partial charge in [-0.25, -0.2) is 0 Å². The summed E-state index contributed by atoms with van der Waals surface area (Å²) < 4.78 is 0. The Morgan fingerprint density at radius 1 is 1.35 bits per heavy atom. The maximum absolute atomic E-state index is 12.4. The Kier molecular flexibility index (Phi) is 6.31. The molecule has 1 aromatic carbocycles. The molecule has 112 valence electrons. The third-order valence-electron chi connectivity index (χ3n) is 3.77. The van der Waals surface area contributed by atoms with E-state index in [4.69, 9.17) is 11.6 Å². The summed E-state index contributed by atoms with van der Waals surface area (Å²) in [5, 5.41) is 7.14. The summed E-state index contributed by atoms with van der Waals surface area (Å²) in [7, 11) is 0. The van der Waals surface area contributed by atoms with E-state index in [0.29, 0.717) is 5.02 Å². The van der Waals surface area contributed by atoms with E-state index in [1.165, 1.54) is 0 Å². The van der Waals surface area contributed by atoms with Crippen LogP contribution in [0, 0.1) is 0 Å². The average molecular weight is 317 g/mol. The molecule has 1 amide bonds. The van der Waals surface area contributed by atoms with Crippen LogP contribution in [0.5, 0.6) is 0 Å². The van der Waals surface area contributed by atoms with E-state index in [0.717, 1.165) is 31.5 Å². The number of halogens is 2. The Bertz CT molecular complexity index is 440. The zero-order chi connectivity index (χ0) is 13.9. The molecule has 1 heterocycles. The second-order valence-electron chi connectivity index (χ2n) is 5.65. The van der Waals surface area contributed by atoms with Crippen molar-refractivity contribution in [3.05, 3.63) is 34.9 Å². The highest BCUT2D eigenvalue weighted by Gasteiger charge is 2.31. The van der Waals surface area contributed by atoms with Gasteiger partial charge in [0.2, 0.25) is 5.91 Å². The molecular weight excluding hydrogens is 295 g/mol. The van der Waals surface area contributed by atoms with Gasteiger partial charge in [-0.15, -0.1) is 12.4 Å². The lowest BCUT2D eigenvalue weighted by Gasteiger charge is -2.30. The fourth-order valence-corrected chi connectivity index (χ4v) is 2.46. The molecule has 3 nitrogen and oxygen atoms in total. The van der Waals surface area contributed by atoms with Crippen LogP contribution in [-0.4, -0.2) is 25.0 Å². The topological polar surface area (TPSA) is 41.1 Å². The van der Waals surface area contributed by atoms with Crippen molar-refractivity contribution < 1.29 is 4.79 Å². The van der Waals surface area contributed by atoms with E-state index in [2.05, 4.69) is 10.6 Å². The Morgan fingerprint density at radius 2 is 2.00 bits per heavy atom. The number of piperidine rings is 1. The molecule has 1 fully saturated rings. The molecule has 1 atom stereocenters. The van der Waals surface area contributed by atoms with Crippen molar-refractivity contribution in [2.24, 2.45) is 0 Å². The van der Waals surface area contributed by atoms with E-state index in [-0.39, 0.29) is 24.4 Å². The summed E-state index contributed by atoms with van der Waals surface area (Å²) in [4.78, 5) is 12.4. The maximum atomic E-state index is 12.4. The predicted molar refractivity (Wildman–Crippen MR) is 85.8 cm³/mol. The molecule has 5 heteroatoms. The molecule has 2 rings (SSSR count). The van der Waals surface area contributed by atoms with Gasteiger partial charge in [0.05, 0.1) is 5.41 Å². The third kappa shape index (κ3) is 4.11. The van der Waals surface area contributed by atoms with Gasteiger partial charge in [0.1, 0.15) is 0 Å². The van der Waals surface area contributed by atoms with Gasteiger partial charge < -0.3 is 10.6 Å². The molecule has 1 aliphatic rings. The molecule has 0 radical (unpaired) electrons. The van der Waals surface area contributed by atoms with E-state index in [1.54, 1.807) is 0 Å². The first-order valence-corrected chi connectivity index (χ1v) is 7.15. The molecule has 1 saturated heterocycles. The highest BCUT2D eigenvalue weighted by molar-refractivity contribution is 6.30. The van der Waals surface area contributed by atoms with Crippen molar-refractivity contribution in [3.8, 4) is 0 Å². The highest BCUT2D eigenvalue weighted by atomic mass is 35.5. The number of carbonyl (C=O) groups excluding carboxylic acids is 1. The van der Waals surface area contributed by atoms with Gasteiger partial charge in [0, 0.05) is 17.6 Å². The second-order valence-corrected chi connectivity index (χ2v) is 6.09. The number of benzene rings is 1. The quantitative estimate of drug-likeness (QED) is 0.900. The van der Waals surface area contributed by atoms with Gasteiger partial charge in [0.25, 0.3) is 0 Å². The SMILES string of the molecule is CC(C)(C(=O)NC1CCCNC1)c1ccc(Cl)cc1.Cl. The summed E-state index contributed by atoms with van der Waals surface area (Å²) >= 11 is 5.89. The molecule has 0 aliphatic carbocycles. The fraction of sp³-hybridized carbons (Fsp3) is 0.533. The van der Waals surface area contributed by atoms with Crippen molar-refractivity contribution in [1.29, 1.82) is 0 Å². The average Bonchev–Trinajstić information content (AvgIpc) is 2.40.